The van der Waals surface area contributed by atoms with Gasteiger partial charge in [-0.05, 0) is 43.3 Å². The summed E-state index contributed by atoms with van der Waals surface area (Å²) in [6, 6.07) is 28.5. The van der Waals surface area contributed by atoms with Gasteiger partial charge in [0.2, 0.25) is 0 Å². The standard InChI is InChI=1S/C23H24O4Si/c1-20(2)18-24-19-28(25-21-12-6-3-7-13-21,26-22-14-8-4-9-15-22)27-23-16-10-5-11-17-23/h3-17H,1,18-19H2,2H3. The quantitative estimate of drug-likeness (QED) is 0.347. The molecule has 0 spiro atoms. The van der Waals surface area contributed by atoms with Crippen LogP contribution in [0.4, 0.5) is 0 Å². The van der Waals surface area contributed by atoms with E-state index in [0.717, 1.165) is 5.57 Å². The van der Waals surface area contributed by atoms with E-state index in [-0.39, 0.29) is 6.23 Å². The van der Waals surface area contributed by atoms with Crippen LogP contribution in [0.1, 0.15) is 6.92 Å². The van der Waals surface area contributed by atoms with Crippen LogP contribution in [0.15, 0.2) is 103 Å². The Hall–Kier alpha value is -3.02. The third-order valence-corrected chi connectivity index (χ3v) is 5.87. The molecule has 3 rings (SSSR count). The van der Waals surface area contributed by atoms with Gasteiger partial charge < -0.3 is 18.0 Å². The Morgan fingerprint density at radius 3 is 1.36 bits per heavy atom. The molecular formula is C23H24O4Si. The Morgan fingerprint density at radius 2 is 1.04 bits per heavy atom. The third-order valence-electron chi connectivity index (χ3n) is 3.68. The van der Waals surface area contributed by atoms with E-state index in [1.54, 1.807) is 0 Å². The van der Waals surface area contributed by atoms with Crippen LogP contribution in [0, 0.1) is 0 Å². The van der Waals surface area contributed by atoms with E-state index in [4.69, 9.17) is 18.0 Å². The van der Waals surface area contributed by atoms with Crippen molar-refractivity contribution in [1.29, 1.82) is 0 Å². The van der Waals surface area contributed by atoms with Crippen LogP contribution in [-0.2, 0) is 4.74 Å². The summed E-state index contributed by atoms with van der Waals surface area (Å²) in [7, 11) is -3.35. The molecule has 0 atom stereocenters. The van der Waals surface area contributed by atoms with Gasteiger partial charge in [0.05, 0.1) is 6.61 Å². The minimum absolute atomic E-state index is 0.179. The van der Waals surface area contributed by atoms with Crippen LogP contribution in [0.2, 0.25) is 0 Å². The van der Waals surface area contributed by atoms with Gasteiger partial charge in [-0.3, -0.25) is 0 Å². The van der Waals surface area contributed by atoms with Crippen molar-refractivity contribution in [3.8, 4) is 17.2 Å². The van der Waals surface area contributed by atoms with Crippen LogP contribution >= 0.6 is 0 Å². The fraction of sp³-hybridized carbons (Fsp3) is 0.130. The van der Waals surface area contributed by atoms with Crippen LogP contribution in [0.5, 0.6) is 17.2 Å². The van der Waals surface area contributed by atoms with E-state index in [1.165, 1.54) is 0 Å². The third kappa shape index (κ3) is 6.01. The van der Waals surface area contributed by atoms with Crippen molar-refractivity contribution in [2.45, 2.75) is 6.92 Å². The SMILES string of the molecule is C=C(C)COC[Si](Oc1ccccc1)(Oc1ccccc1)Oc1ccccc1. The van der Waals surface area contributed by atoms with Crippen LogP contribution < -0.4 is 13.3 Å². The summed E-state index contributed by atoms with van der Waals surface area (Å²) in [6.07, 6.45) is 0.179. The number of para-hydroxylation sites is 3. The first-order valence-corrected chi connectivity index (χ1v) is 11.0. The molecule has 0 aromatic heterocycles. The van der Waals surface area contributed by atoms with Crippen molar-refractivity contribution in [2.24, 2.45) is 0 Å². The highest BCUT2D eigenvalue weighted by atomic mass is 28.4. The van der Waals surface area contributed by atoms with Gasteiger partial charge in [-0.15, -0.1) is 0 Å². The van der Waals surface area contributed by atoms with Crippen LogP contribution in [0.3, 0.4) is 0 Å². The van der Waals surface area contributed by atoms with Gasteiger partial charge in [0.1, 0.15) is 17.2 Å². The minimum atomic E-state index is -3.35. The first-order chi connectivity index (χ1) is 13.7. The number of rotatable bonds is 10. The molecule has 0 aliphatic rings. The maximum Gasteiger partial charge on any atom is 0.726 e. The second-order valence-electron chi connectivity index (χ2n) is 6.38. The van der Waals surface area contributed by atoms with E-state index in [0.29, 0.717) is 23.9 Å². The van der Waals surface area contributed by atoms with Gasteiger partial charge in [-0.1, -0.05) is 66.7 Å². The zero-order valence-corrected chi connectivity index (χ0v) is 16.9. The molecule has 0 saturated heterocycles. The number of ether oxygens (including phenoxy) is 1. The molecule has 28 heavy (non-hydrogen) atoms. The lowest BCUT2D eigenvalue weighted by Crippen LogP contribution is -2.59. The molecule has 3 aromatic carbocycles. The molecule has 0 aliphatic heterocycles. The summed E-state index contributed by atoms with van der Waals surface area (Å²) in [6.45, 7) is 6.21. The molecule has 3 aromatic rings. The highest BCUT2D eigenvalue weighted by Crippen LogP contribution is 2.24. The Morgan fingerprint density at radius 1 is 0.679 bits per heavy atom. The second kappa shape index (κ2) is 9.78. The molecule has 0 fully saturated rings. The number of benzene rings is 3. The Labute approximate surface area is 167 Å². The fourth-order valence-corrected chi connectivity index (χ4v) is 4.64. The van der Waals surface area contributed by atoms with Gasteiger partial charge in [0.15, 0.2) is 6.23 Å². The average Bonchev–Trinajstić information content (AvgIpc) is 2.70. The largest absolute Gasteiger partial charge is 0.726 e. The Balaban J connectivity index is 1.93. The van der Waals surface area contributed by atoms with Crippen molar-refractivity contribution in [1.82, 2.24) is 0 Å². The molecule has 0 saturated carbocycles. The van der Waals surface area contributed by atoms with Crippen molar-refractivity contribution in [2.75, 3.05) is 12.8 Å². The molecule has 0 aliphatic carbocycles. The van der Waals surface area contributed by atoms with E-state index in [9.17, 15) is 0 Å². The molecule has 0 N–H and O–H groups in total. The van der Waals surface area contributed by atoms with Gasteiger partial charge in [-0.25, -0.2) is 0 Å². The van der Waals surface area contributed by atoms with Gasteiger partial charge in [-0.2, -0.15) is 0 Å². The lowest BCUT2D eigenvalue weighted by atomic mass is 10.3. The highest BCUT2D eigenvalue weighted by molar-refractivity contribution is 6.63. The molecular weight excluding hydrogens is 368 g/mol. The fourth-order valence-electron chi connectivity index (χ4n) is 2.51. The molecule has 0 heterocycles. The lowest BCUT2D eigenvalue weighted by Gasteiger charge is -2.30. The summed E-state index contributed by atoms with van der Waals surface area (Å²) in [5.74, 6) is 2.00. The first kappa shape index (κ1) is 19.7. The monoisotopic (exact) mass is 392 g/mol. The summed E-state index contributed by atoms with van der Waals surface area (Å²) in [4.78, 5) is 0. The summed E-state index contributed by atoms with van der Waals surface area (Å²) >= 11 is 0. The number of hydrogen-bond acceptors (Lipinski definition) is 4. The predicted octanol–water partition coefficient (Wildman–Crippen LogP) is 5.29. The summed E-state index contributed by atoms with van der Waals surface area (Å²) in [5.41, 5.74) is 0.919. The zero-order chi connectivity index (χ0) is 19.7. The van der Waals surface area contributed by atoms with Gasteiger partial charge in [0.25, 0.3) is 0 Å². The van der Waals surface area contributed by atoms with Crippen LogP contribution in [0.25, 0.3) is 0 Å². The van der Waals surface area contributed by atoms with E-state index in [2.05, 4.69) is 6.58 Å². The maximum absolute atomic E-state index is 6.33. The predicted molar refractivity (Wildman–Crippen MR) is 113 cm³/mol. The zero-order valence-electron chi connectivity index (χ0n) is 15.9. The van der Waals surface area contributed by atoms with Gasteiger partial charge in [0, 0.05) is 0 Å². The molecule has 0 radical (unpaired) electrons. The molecule has 144 valence electrons. The van der Waals surface area contributed by atoms with E-state index < -0.39 is 8.80 Å². The normalized spacial score (nSPS) is 10.9. The minimum Gasteiger partial charge on any atom is -0.482 e. The van der Waals surface area contributed by atoms with Crippen molar-refractivity contribution < 1.29 is 18.0 Å². The second-order valence-corrected chi connectivity index (χ2v) is 8.65. The van der Waals surface area contributed by atoms with Crippen molar-refractivity contribution in [3.05, 3.63) is 103 Å². The van der Waals surface area contributed by atoms with Crippen LogP contribution in [-0.4, -0.2) is 21.6 Å². The van der Waals surface area contributed by atoms with Crippen molar-refractivity contribution >= 4 is 8.80 Å². The molecule has 0 unspecified atom stereocenters. The van der Waals surface area contributed by atoms with Crippen molar-refractivity contribution in [3.63, 3.8) is 0 Å². The molecule has 4 nitrogen and oxygen atoms in total. The summed E-state index contributed by atoms with van der Waals surface area (Å²) < 4.78 is 24.9. The number of hydrogen-bond donors (Lipinski definition) is 0. The Kier molecular flexibility index (Phi) is 6.89. The van der Waals surface area contributed by atoms with E-state index >= 15 is 0 Å². The first-order valence-electron chi connectivity index (χ1n) is 9.09. The molecule has 0 bridgehead atoms. The maximum atomic E-state index is 6.33. The lowest BCUT2D eigenvalue weighted by molar-refractivity contribution is 0.137. The van der Waals surface area contributed by atoms with E-state index in [1.807, 2.05) is 97.9 Å². The Bertz CT molecular complexity index is 752. The van der Waals surface area contributed by atoms with Gasteiger partial charge >= 0.3 is 8.80 Å². The molecule has 5 heteroatoms. The smallest absolute Gasteiger partial charge is 0.482 e. The topological polar surface area (TPSA) is 36.9 Å². The highest BCUT2D eigenvalue weighted by Gasteiger charge is 2.50. The molecule has 0 amide bonds. The average molecular weight is 393 g/mol. The summed E-state index contributed by atoms with van der Waals surface area (Å²) in [5, 5.41) is 0.